The summed E-state index contributed by atoms with van der Waals surface area (Å²) in [5.41, 5.74) is 2.65. The second-order valence-electron chi connectivity index (χ2n) is 6.88. The van der Waals surface area contributed by atoms with Crippen LogP contribution in [-0.4, -0.2) is 48.1 Å². The molecule has 1 aromatic rings. The summed E-state index contributed by atoms with van der Waals surface area (Å²) >= 11 is 0. The topological polar surface area (TPSA) is 73.5 Å². The van der Waals surface area contributed by atoms with Crippen molar-refractivity contribution in [3.05, 3.63) is 35.4 Å². The number of nitrogens with one attached hydrogen (secondary N) is 3. The van der Waals surface area contributed by atoms with Crippen molar-refractivity contribution in [2.75, 3.05) is 19.6 Å². The van der Waals surface area contributed by atoms with Crippen LogP contribution in [0.4, 0.5) is 4.79 Å². The summed E-state index contributed by atoms with van der Waals surface area (Å²) in [5, 5.41) is 8.18. The molecule has 2 heterocycles. The Bertz CT molecular complexity index is 614. The van der Waals surface area contributed by atoms with Crippen molar-refractivity contribution in [3.63, 3.8) is 0 Å². The first-order valence-electron chi connectivity index (χ1n) is 8.10. The lowest BCUT2D eigenvalue weighted by atomic mass is 9.94. The molecule has 3 N–H and O–H groups in total. The van der Waals surface area contributed by atoms with Crippen LogP contribution >= 0.6 is 0 Å². The minimum Gasteiger partial charge on any atom is -0.352 e. The molecule has 2 aliphatic rings. The van der Waals surface area contributed by atoms with E-state index in [1.807, 2.05) is 0 Å². The first kappa shape index (κ1) is 15.8. The first-order valence-corrected chi connectivity index (χ1v) is 8.10. The number of fused-ring (bicyclic) bond motifs is 1. The first-order chi connectivity index (χ1) is 11.0. The van der Waals surface area contributed by atoms with Crippen molar-refractivity contribution in [1.82, 2.24) is 20.9 Å². The van der Waals surface area contributed by atoms with E-state index in [2.05, 4.69) is 59.0 Å². The Morgan fingerprint density at radius 3 is 2.78 bits per heavy atom. The highest BCUT2D eigenvalue weighted by Crippen LogP contribution is 2.24. The summed E-state index contributed by atoms with van der Waals surface area (Å²) < 4.78 is 0. The Kier molecular flexibility index (Phi) is 4.26. The minimum absolute atomic E-state index is 0.131. The summed E-state index contributed by atoms with van der Waals surface area (Å²) in [6.07, 6.45) is 1.04. The Labute approximate surface area is 136 Å². The molecular weight excluding hydrogens is 292 g/mol. The average Bonchev–Trinajstić information content (AvgIpc) is 2.99. The van der Waals surface area contributed by atoms with Crippen LogP contribution in [0.3, 0.4) is 0 Å². The highest BCUT2D eigenvalue weighted by atomic mass is 16.2. The maximum absolute atomic E-state index is 12.1. The van der Waals surface area contributed by atoms with Crippen LogP contribution in [0.2, 0.25) is 0 Å². The highest BCUT2D eigenvalue weighted by Gasteiger charge is 2.32. The molecule has 0 aliphatic carbocycles. The zero-order chi connectivity index (χ0) is 16.4. The Morgan fingerprint density at radius 2 is 2.09 bits per heavy atom. The van der Waals surface area contributed by atoms with Gasteiger partial charge in [0, 0.05) is 31.7 Å². The SMILES string of the molecule is CC(C)(CNC(=O)[C@@H]1CNC(=O)N1)N1CCc2ccccc2C1. The molecule has 3 rings (SSSR count). The van der Waals surface area contributed by atoms with Gasteiger partial charge < -0.3 is 16.0 Å². The molecule has 23 heavy (non-hydrogen) atoms. The molecule has 0 spiro atoms. The molecule has 2 aliphatic heterocycles. The van der Waals surface area contributed by atoms with Crippen molar-refractivity contribution in [3.8, 4) is 0 Å². The van der Waals surface area contributed by atoms with Gasteiger partial charge in [0.2, 0.25) is 5.91 Å². The summed E-state index contributed by atoms with van der Waals surface area (Å²) in [7, 11) is 0. The van der Waals surface area contributed by atoms with E-state index in [0.29, 0.717) is 13.1 Å². The summed E-state index contributed by atoms with van der Waals surface area (Å²) in [5.74, 6) is -0.131. The van der Waals surface area contributed by atoms with Gasteiger partial charge in [-0.2, -0.15) is 0 Å². The number of hydrogen-bond donors (Lipinski definition) is 3. The maximum Gasteiger partial charge on any atom is 0.315 e. The normalized spacial score (nSPS) is 21.3. The zero-order valence-corrected chi connectivity index (χ0v) is 13.7. The fourth-order valence-corrected chi connectivity index (χ4v) is 3.16. The van der Waals surface area contributed by atoms with Crippen molar-refractivity contribution in [1.29, 1.82) is 0 Å². The molecule has 0 bridgehead atoms. The van der Waals surface area contributed by atoms with Gasteiger partial charge in [0.05, 0.1) is 0 Å². The van der Waals surface area contributed by atoms with E-state index in [9.17, 15) is 9.59 Å². The smallest absolute Gasteiger partial charge is 0.315 e. The van der Waals surface area contributed by atoms with E-state index >= 15 is 0 Å². The van der Waals surface area contributed by atoms with Gasteiger partial charge in [-0.3, -0.25) is 9.69 Å². The maximum atomic E-state index is 12.1. The molecule has 1 saturated heterocycles. The molecule has 1 aromatic carbocycles. The number of hydrogen-bond acceptors (Lipinski definition) is 3. The Morgan fingerprint density at radius 1 is 1.35 bits per heavy atom. The standard InChI is InChI=1S/C17H24N4O2/c1-17(2,11-19-15(22)14-9-18-16(23)20-14)21-8-7-12-5-3-4-6-13(12)10-21/h3-6,14H,7-11H2,1-2H3,(H,19,22)(H2,18,20,23)/t14-/m0/s1. The van der Waals surface area contributed by atoms with Crippen molar-refractivity contribution in [2.45, 2.75) is 38.4 Å². The third-order valence-corrected chi connectivity index (χ3v) is 4.77. The van der Waals surface area contributed by atoms with Gasteiger partial charge >= 0.3 is 6.03 Å². The van der Waals surface area contributed by atoms with Crippen molar-refractivity contribution >= 4 is 11.9 Å². The summed E-state index contributed by atoms with van der Waals surface area (Å²) in [6, 6.07) is 7.78. The van der Waals surface area contributed by atoms with Crippen LogP contribution < -0.4 is 16.0 Å². The van der Waals surface area contributed by atoms with Crippen LogP contribution in [0.1, 0.15) is 25.0 Å². The zero-order valence-electron chi connectivity index (χ0n) is 13.7. The van der Waals surface area contributed by atoms with Gasteiger partial charge in [-0.1, -0.05) is 24.3 Å². The predicted octanol–water partition coefficient (Wildman–Crippen LogP) is 0.621. The van der Waals surface area contributed by atoms with Crippen molar-refractivity contribution in [2.24, 2.45) is 0 Å². The van der Waals surface area contributed by atoms with Crippen LogP contribution in [0, 0.1) is 0 Å². The third kappa shape index (κ3) is 3.47. The Balaban J connectivity index is 1.57. The van der Waals surface area contributed by atoms with Crippen LogP contribution in [0.15, 0.2) is 24.3 Å². The van der Waals surface area contributed by atoms with Crippen LogP contribution in [0.25, 0.3) is 0 Å². The molecule has 3 amide bonds. The van der Waals surface area contributed by atoms with Crippen LogP contribution in [-0.2, 0) is 17.8 Å². The van der Waals surface area contributed by atoms with Gasteiger partial charge in [0.25, 0.3) is 0 Å². The van der Waals surface area contributed by atoms with Gasteiger partial charge in [0.1, 0.15) is 6.04 Å². The molecule has 1 atom stereocenters. The molecule has 124 valence electrons. The monoisotopic (exact) mass is 316 g/mol. The fourth-order valence-electron chi connectivity index (χ4n) is 3.16. The lowest BCUT2D eigenvalue weighted by Gasteiger charge is -2.41. The number of nitrogens with zero attached hydrogens (tertiary/aromatic N) is 1. The average molecular weight is 316 g/mol. The van der Waals surface area contributed by atoms with E-state index in [-0.39, 0.29) is 17.5 Å². The number of benzene rings is 1. The van der Waals surface area contributed by atoms with Gasteiger partial charge in [-0.15, -0.1) is 0 Å². The van der Waals surface area contributed by atoms with E-state index in [0.717, 1.165) is 19.5 Å². The number of rotatable bonds is 4. The van der Waals surface area contributed by atoms with Gasteiger partial charge in [-0.05, 0) is 31.4 Å². The highest BCUT2D eigenvalue weighted by molar-refractivity contribution is 5.90. The molecule has 0 saturated carbocycles. The van der Waals surface area contributed by atoms with Gasteiger partial charge in [-0.25, -0.2) is 4.79 Å². The molecule has 6 heteroatoms. The van der Waals surface area contributed by atoms with E-state index in [4.69, 9.17) is 0 Å². The van der Waals surface area contributed by atoms with Gasteiger partial charge in [0.15, 0.2) is 0 Å². The predicted molar refractivity (Wildman–Crippen MR) is 88.0 cm³/mol. The lowest BCUT2D eigenvalue weighted by molar-refractivity contribution is -0.123. The number of urea groups is 1. The van der Waals surface area contributed by atoms with E-state index in [1.54, 1.807) is 0 Å². The number of carbonyl (C=O) groups excluding carboxylic acids is 2. The molecule has 0 radical (unpaired) electrons. The third-order valence-electron chi connectivity index (χ3n) is 4.77. The molecular formula is C17H24N4O2. The number of amides is 3. The van der Waals surface area contributed by atoms with Crippen molar-refractivity contribution < 1.29 is 9.59 Å². The minimum atomic E-state index is -0.472. The van der Waals surface area contributed by atoms with Crippen LogP contribution in [0.5, 0.6) is 0 Å². The second kappa shape index (κ2) is 6.20. The second-order valence-corrected chi connectivity index (χ2v) is 6.88. The molecule has 0 aromatic heterocycles. The quantitative estimate of drug-likeness (QED) is 0.762. The summed E-state index contributed by atoms with van der Waals surface area (Å²) in [6.45, 7) is 7.09. The molecule has 1 fully saturated rings. The number of carbonyl (C=O) groups is 2. The largest absolute Gasteiger partial charge is 0.352 e. The lowest BCUT2D eigenvalue weighted by Crippen LogP contribution is -2.55. The summed E-state index contributed by atoms with van der Waals surface area (Å²) in [4.78, 5) is 25.7. The molecule has 6 nitrogen and oxygen atoms in total. The van der Waals surface area contributed by atoms with E-state index in [1.165, 1.54) is 11.1 Å². The van der Waals surface area contributed by atoms with E-state index < -0.39 is 6.04 Å². The fraction of sp³-hybridized carbons (Fsp3) is 0.529. The molecule has 0 unspecified atom stereocenters. The Hall–Kier alpha value is -2.08.